The first-order valence-corrected chi connectivity index (χ1v) is 4.60. The molecule has 0 atom stereocenters. The molecule has 0 aliphatic carbocycles. The molecule has 0 radical (unpaired) electrons. The predicted molar refractivity (Wildman–Crippen MR) is 52.9 cm³/mol. The lowest BCUT2D eigenvalue weighted by atomic mass is 10.2. The van der Waals surface area contributed by atoms with Gasteiger partial charge in [0, 0.05) is 18.7 Å². The standard InChI is InChI=1S/C10H9F2N3O/c1-14-6-13-15(10(14)16)5-7-2-3-8(11)4-9(7)12/h2-4,6H,5H2,1H3. The summed E-state index contributed by atoms with van der Waals surface area (Å²) in [5.74, 6) is -1.33. The van der Waals surface area contributed by atoms with Crippen LogP contribution in [-0.2, 0) is 13.6 Å². The molecule has 0 unspecified atom stereocenters. The molecule has 1 aromatic heterocycles. The van der Waals surface area contributed by atoms with Gasteiger partial charge < -0.3 is 0 Å². The Kier molecular flexibility index (Phi) is 2.55. The second-order valence-corrected chi connectivity index (χ2v) is 3.42. The molecule has 2 rings (SSSR count). The topological polar surface area (TPSA) is 39.8 Å². The Hall–Kier alpha value is -1.98. The van der Waals surface area contributed by atoms with Gasteiger partial charge >= 0.3 is 5.69 Å². The summed E-state index contributed by atoms with van der Waals surface area (Å²) in [5, 5.41) is 3.78. The van der Waals surface area contributed by atoms with Crippen LogP contribution in [0.1, 0.15) is 5.56 Å². The highest BCUT2D eigenvalue weighted by molar-refractivity contribution is 5.18. The summed E-state index contributed by atoms with van der Waals surface area (Å²) in [6.45, 7) is -0.00815. The van der Waals surface area contributed by atoms with Crippen LogP contribution in [0, 0.1) is 11.6 Å². The maximum atomic E-state index is 13.3. The maximum absolute atomic E-state index is 13.3. The molecule has 0 fully saturated rings. The zero-order chi connectivity index (χ0) is 11.7. The van der Waals surface area contributed by atoms with Crippen molar-refractivity contribution in [1.29, 1.82) is 0 Å². The summed E-state index contributed by atoms with van der Waals surface area (Å²) in [5.41, 5.74) is -0.120. The largest absolute Gasteiger partial charge is 0.345 e. The summed E-state index contributed by atoms with van der Waals surface area (Å²) in [6, 6.07) is 3.22. The maximum Gasteiger partial charge on any atom is 0.345 e. The van der Waals surface area contributed by atoms with Gasteiger partial charge in [0.1, 0.15) is 18.0 Å². The van der Waals surface area contributed by atoms with Gasteiger partial charge in [-0.25, -0.2) is 18.3 Å². The molecule has 84 valence electrons. The van der Waals surface area contributed by atoms with Gasteiger partial charge in [0.15, 0.2) is 0 Å². The molecular formula is C10H9F2N3O. The molecule has 0 saturated carbocycles. The molecule has 0 bridgehead atoms. The minimum atomic E-state index is -0.683. The van der Waals surface area contributed by atoms with Gasteiger partial charge in [0.2, 0.25) is 0 Å². The summed E-state index contributed by atoms with van der Waals surface area (Å²) in [6.07, 6.45) is 1.34. The van der Waals surface area contributed by atoms with Crippen LogP contribution < -0.4 is 5.69 Å². The van der Waals surface area contributed by atoms with Crippen molar-refractivity contribution in [3.63, 3.8) is 0 Å². The minimum Gasteiger partial charge on any atom is -0.285 e. The average Bonchev–Trinajstić information content (AvgIpc) is 2.54. The Bertz CT molecular complexity index is 574. The van der Waals surface area contributed by atoms with Crippen molar-refractivity contribution in [1.82, 2.24) is 14.3 Å². The van der Waals surface area contributed by atoms with Gasteiger partial charge in [-0.05, 0) is 6.07 Å². The highest BCUT2D eigenvalue weighted by Crippen LogP contribution is 2.09. The number of rotatable bonds is 2. The first-order valence-electron chi connectivity index (χ1n) is 4.60. The third-order valence-corrected chi connectivity index (χ3v) is 2.22. The molecule has 1 heterocycles. The molecule has 0 aliphatic heterocycles. The molecule has 0 aliphatic rings. The number of aryl methyl sites for hydroxylation is 1. The smallest absolute Gasteiger partial charge is 0.285 e. The van der Waals surface area contributed by atoms with Gasteiger partial charge in [0.05, 0.1) is 6.54 Å². The number of nitrogens with zero attached hydrogens (tertiary/aromatic N) is 3. The molecule has 6 heteroatoms. The van der Waals surface area contributed by atoms with Crippen LogP contribution >= 0.6 is 0 Å². The van der Waals surface area contributed by atoms with Gasteiger partial charge in [-0.3, -0.25) is 4.57 Å². The van der Waals surface area contributed by atoms with E-state index < -0.39 is 11.6 Å². The van der Waals surface area contributed by atoms with E-state index in [-0.39, 0.29) is 17.8 Å². The third-order valence-electron chi connectivity index (χ3n) is 2.22. The van der Waals surface area contributed by atoms with E-state index in [1.165, 1.54) is 17.0 Å². The third kappa shape index (κ3) is 1.86. The Labute approximate surface area is 89.7 Å². The summed E-state index contributed by atoms with van der Waals surface area (Å²) < 4.78 is 28.3. The fourth-order valence-corrected chi connectivity index (χ4v) is 1.34. The summed E-state index contributed by atoms with van der Waals surface area (Å²) in [4.78, 5) is 11.4. The van der Waals surface area contributed by atoms with E-state index >= 15 is 0 Å². The van der Waals surface area contributed by atoms with Crippen molar-refractivity contribution < 1.29 is 8.78 Å². The van der Waals surface area contributed by atoms with E-state index in [9.17, 15) is 13.6 Å². The second kappa shape index (κ2) is 3.88. The molecule has 0 saturated heterocycles. The molecule has 4 nitrogen and oxygen atoms in total. The zero-order valence-corrected chi connectivity index (χ0v) is 8.52. The van der Waals surface area contributed by atoms with Crippen LogP contribution in [0.4, 0.5) is 8.78 Å². The van der Waals surface area contributed by atoms with Gasteiger partial charge in [-0.1, -0.05) is 6.07 Å². The lowest BCUT2D eigenvalue weighted by Gasteiger charge is -2.02. The monoisotopic (exact) mass is 225 g/mol. The fraction of sp³-hybridized carbons (Fsp3) is 0.200. The number of hydrogen-bond acceptors (Lipinski definition) is 2. The van der Waals surface area contributed by atoms with Crippen LogP contribution in [0.3, 0.4) is 0 Å². The molecule has 0 amide bonds. The van der Waals surface area contributed by atoms with Crippen LogP contribution in [0.2, 0.25) is 0 Å². The first-order chi connectivity index (χ1) is 7.58. The number of halogens is 2. The van der Waals surface area contributed by atoms with Gasteiger partial charge in [-0.15, -0.1) is 0 Å². The van der Waals surface area contributed by atoms with E-state index in [2.05, 4.69) is 5.10 Å². The summed E-state index contributed by atoms with van der Waals surface area (Å²) >= 11 is 0. The van der Waals surface area contributed by atoms with Crippen molar-refractivity contribution in [2.75, 3.05) is 0 Å². The van der Waals surface area contributed by atoms with Crippen LogP contribution in [0.15, 0.2) is 29.3 Å². The van der Waals surface area contributed by atoms with Crippen molar-refractivity contribution in [3.05, 3.63) is 52.2 Å². The normalized spacial score (nSPS) is 10.7. The fourth-order valence-electron chi connectivity index (χ4n) is 1.34. The van der Waals surface area contributed by atoms with E-state index in [4.69, 9.17) is 0 Å². The molecule has 16 heavy (non-hydrogen) atoms. The number of hydrogen-bond donors (Lipinski definition) is 0. The second-order valence-electron chi connectivity index (χ2n) is 3.42. The molecule has 1 aromatic carbocycles. The molecular weight excluding hydrogens is 216 g/mol. The highest BCUT2D eigenvalue weighted by atomic mass is 19.1. The quantitative estimate of drug-likeness (QED) is 0.762. The minimum absolute atomic E-state index is 0.00815. The van der Waals surface area contributed by atoms with E-state index in [0.29, 0.717) is 0 Å². The summed E-state index contributed by atoms with van der Waals surface area (Å²) in [7, 11) is 1.55. The van der Waals surface area contributed by atoms with Crippen molar-refractivity contribution >= 4 is 0 Å². The first kappa shape index (κ1) is 10.5. The zero-order valence-electron chi connectivity index (χ0n) is 8.52. The lowest BCUT2D eigenvalue weighted by Crippen LogP contribution is -2.23. The van der Waals surface area contributed by atoms with Crippen LogP contribution in [0.5, 0.6) is 0 Å². The average molecular weight is 225 g/mol. The predicted octanol–water partition coefficient (Wildman–Crippen LogP) is 0.908. The highest BCUT2D eigenvalue weighted by Gasteiger charge is 2.07. The van der Waals surface area contributed by atoms with E-state index in [1.807, 2.05) is 0 Å². The Morgan fingerprint density at radius 2 is 2.12 bits per heavy atom. The SMILES string of the molecule is Cn1cnn(Cc2ccc(F)cc2F)c1=O. The van der Waals surface area contributed by atoms with Crippen LogP contribution in [-0.4, -0.2) is 14.3 Å². The van der Waals surface area contributed by atoms with Crippen molar-refractivity contribution in [2.24, 2.45) is 7.05 Å². The Morgan fingerprint density at radius 3 is 2.69 bits per heavy atom. The van der Waals surface area contributed by atoms with Gasteiger partial charge in [0.25, 0.3) is 0 Å². The van der Waals surface area contributed by atoms with E-state index in [0.717, 1.165) is 16.8 Å². The van der Waals surface area contributed by atoms with Gasteiger partial charge in [-0.2, -0.15) is 5.10 Å². The molecule has 0 spiro atoms. The molecule has 0 N–H and O–H groups in total. The van der Waals surface area contributed by atoms with E-state index in [1.54, 1.807) is 7.05 Å². The Morgan fingerprint density at radius 1 is 1.38 bits per heavy atom. The van der Waals surface area contributed by atoms with Crippen molar-refractivity contribution in [3.8, 4) is 0 Å². The molecule has 2 aromatic rings. The van der Waals surface area contributed by atoms with Crippen molar-refractivity contribution in [2.45, 2.75) is 6.54 Å². The number of benzene rings is 1. The number of aromatic nitrogens is 3. The lowest BCUT2D eigenvalue weighted by molar-refractivity contribution is 0.553. The van der Waals surface area contributed by atoms with Crippen LogP contribution in [0.25, 0.3) is 0 Å². The Balaban J connectivity index is 2.34.